The summed E-state index contributed by atoms with van der Waals surface area (Å²) in [6.45, 7) is 0. The van der Waals surface area contributed by atoms with Gasteiger partial charge in [0.15, 0.2) is 0 Å². The van der Waals surface area contributed by atoms with Gasteiger partial charge in [0.25, 0.3) is 0 Å². The lowest BCUT2D eigenvalue weighted by Gasteiger charge is -2.03. The highest BCUT2D eigenvalue weighted by Gasteiger charge is 2.12. The number of halogens is 1. The van der Waals surface area contributed by atoms with Crippen LogP contribution in [-0.2, 0) is 0 Å². The van der Waals surface area contributed by atoms with E-state index in [1.807, 2.05) is 24.3 Å². The van der Waals surface area contributed by atoms with Gasteiger partial charge in [-0.05, 0) is 24.3 Å². The van der Waals surface area contributed by atoms with E-state index in [1.54, 1.807) is 19.2 Å². The number of H-pyrrole nitrogens is 1. The number of ether oxygens (including phenoxy) is 1. The Kier molecular flexibility index (Phi) is 2.80. The Hall–Kier alpha value is -2.20. The molecule has 2 aromatic carbocycles. The summed E-state index contributed by atoms with van der Waals surface area (Å²) in [4.78, 5) is 7.72. The number of aromatic nitrogens is 2. The molecule has 0 unspecified atom stereocenters. The van der Waals surface area contributed by atoms with Crippen LogP contribution in [0.5, 0.6) is 5.75 Å². The van der Waals surface area contributed by atoms with E-state index in [-0.39, 0.29) is 0 Å². The number of hydrogen-bond donors (Lipinski definition) is 2. The summed E-state index contributed by atoms with van der Waals surface area (Å²) < 4.78 is 5.19. The van der Waals surface area contributed by atoms with E-state index in [2.05, 4.69) is 9.97 Å². The molecule has 5 heteroatoms. The first-order chi connectivity index (χ1) is 9.19. The molecule has 96 valence electrons. The smallest absolute Gasteiger partial charge is 0.142 e. The van der Waals surface area contributed by atoms with E-state index in [0.29, 0.717) is 16.5 Å². The molecule has 19 heavy (non-hydrogen) atoms. The average Bonchev–Trinajstić information content (AvgIpc) is 2.80. The predicted octanol–water partition coefficient (Wildman–Crippen LogP) is 3.47. The van der Waals surface area contributed by atoms with Crippen molar-refractivity contribution >= 4 is 28.3 Å². The lowest BCUT2D eigenvalue weighted by molar-refractivity contribution is 0.415. The Morgan fingerprint density at radius 2 is 2.11 bits per heavy atom. The number of nitrogens with zero attached hydrogens (tertiary/aromatic N) is 1. The molecule has 3 N–H and O–H groups in total. The summed E-state index contributed by atoms with van der Waals surface area (Å²) in [6.07, 6.45) is 0. The van der Waals surface area contributed by atoms with E-state index < -0.39 is 0 Å². The molecular weight excluding hydrogens is 262 g/mol. The van der Waals surface area contributed by atoms with Crippen LogP contribution in [0, 0.1) is 0 Å². The fourth-order valence-corrected chi connectivity index (χ4v) is 2.30. The van der Waals surface area contributed by atoms with Crippen LogP contribution in [0.4, 0.5) is 5.69 Å². The molecular formula is C14H12ClN3O. The number of fused-ring (bicyclic) bond motifs is 1. The minimum Gasteiger partial charge on any atom is -0.497 e. The van der Waals surface area contributed by atoms with Gasteiger partial charge in [0.2, 0.25) is 0 Å². The van der Waals surface area contributed by atoms with Crippen molar-refractivity contribution in [2.75, 3.05) is 12.8 Å². The van der Waals surface area contributed by atoms with Gasteiger partial charge in [0.1, 0.15) is 11.6 Å². The Morgan fingerprint density at radius 1 is 1.26 bits per heavy atom. The maximum Gasteiger partial charge on any atom is 0.142 e. The topological polar surface area (TPSA) is 63.9 Å². The molecule has 1 aromatic heterocycles. The van der Waals surface area contributed by atoms with Gasteiger partial charge in [-0.3, -0.25) is 0 Å². The number of anilines is 1. The molecule has 0 fully saturated rings. The molecule has 3 rings (SSSR count). The fraction of sp³-hybridized carbons (Fsp3) is 0.0714. The highest BCUT2D eigenvalue weighted by molar-refractivity contribution is 6.33. The maximum atomic E-state index is 6.19. The van der Waals surface area contributed by atoms with Gasteiger partial charge in [0.05, 0.1) is 28.7 Å². The van der Waals surface area contributed by atoms with Crippen molar-refractivity contribution < 1.29 is 4.74 Å². The van der Waals surface area contributed by atoms with Crippen LogP contribution in [0.1, 0.15) is 0 Å². The fourth-order valence-electron chi connectivity index (χ4n) is 2.02. The normalized spacial score (nSPS) is 10.8. The zero-order valence-corrected chi connectivity index (χ0v) is 11.0. The van der Waals surface area contributed by atoms with Gasteiger partial charge in [-0.2, -0.15) is 0 Å². The minimum absolute atomic E-state index is 0.575. The number of nitrogens with two attached hydrogens (primary N) is 1. The first-order valence-corrected chi connectivity index (χ1v) is 6.15. The molecule has 0 aliphatic rings. The van der Waals surface area contributed by atoms with Crippen LogP contribution in [0.3, 0.4) is 0 Å². The summed E-state index contributed by atoms with van der Waals surface area (Å²) in [5, 5.41) is 0.575. The number of hydrogen-bond acceptors (Lipinski definition) is 3. The summed E-state index contributed by atoms with van der Waals surface area (Å²) in [7, 11) is 1.63. The molecule has 0 aliphatic heterocycles. The quantitative estimate of drug-likeness (QED) is 0.703. The molecule has 1 heterocycles. The number of imidazole rings is 1. The summed E-state index contributed by atoms with van der Waals surface area (Å²) in [5.41, 5.74) is 9.01. The van der Waals surface area contributed by atoms with Crippen LogP contribution < -0.4 is 10.5 Å². The van der Waals surface area contributed by atoms with Gasteiger partial charge >= 0.3 is 0 Å². The first-order valence-electron chi connectivity index (χ1n) is 5.77. The third-order valence-electron chi connectivity index (χ3n) is 2.97. The van der Waals surface area contributed by atoms with E-state index in [4.69, 9.17) is 22.1 Å². The zero-order chi connectivity index (χ0) is 13.4. The van der Waals surface area contributed by atoms with Crippen molar-refractivity contribution in [1.29, 1.82) is 0 Å². The summed E-state index contributed by atoms with van der Waals surface area (Å²) in [6, 6.07) is 11.0. The molecule has 0 aliphatic carbocycles. The van der Waals surface area contributed by atoms with Crippen LogP contribution >= 0.6 is 11.6 Å². The van der Waals surface area contributed by atoms with Gasteiger partial charge in [0, 0.05) is 11.8 Å². The number of rotatable bonds is 2. The minimum atomic E-state index is 0.575. The molecule has 0 saturated carbocycles. The number of nitrogens with one attached hydrogen (secondary N) is 1. The zero-order valence-electron chi connectivity index (χ0n) is 10.3. The van der Waals surface area contributed by atoms with E-state index >= 15 is 0 Å². The maximum absolute atomic E-state index is 6.19. The molecule has 0 saturated heterocycles. The highest BCUT2D eigenvalue weighted by atomic mass is 35.5. The first kappa shape index (κ1) is 11.9. The molecule has 3 aromatic rings. The Morgan fingerprint density at radius 3 is 2.84 bits per heavy atom. The van der Waals surface area contributed by atoms with Crippen molar-refractivity contribution in [2.45, 2.75) is 0 Å². The molecule has 0 bridgehead atoms. The van der Waals surface area contributed by atoms with Gasteiger partial charge in [-0.1, -0.05) is 17.7 Å². The highest BCUT2D eigenvalue weighted by Crippen LogP contribution is 2.32. The Balaban J connectivity index is 2.21. The second-order valence-electron chi connectivity index (χ2n) is 4.17. The van der Waals surface area contributed by atoms with E-state index in [1.165, 1.54) is 0 Å². The van der Waals surface area contributed by atoms with Crippen molar-refractivity contribution in [3.8, 4) is 17.1 Å². The molecule has 0 spiro atoms. The number of benzene rings is 2. The van der Waals surface area contributed by atoms with Gasteiger partial charge < -0.3 is 15.5 Å². The third-order valence-corrected chi connectivity index (χ3v) is 3.29. The summed E-state index contributed by atoms with van der Waals surface area (Å²) in [5.74, 6) is 1.43. The molecule has 0 radical (unpaired) electrons. The lowest BCUT2D eigenvalue weighted by Crippen LogP contribution is -1.91. The summed E-state index contributed by atoms with van der Waals surface area (Å²) >= 11 is 6.19. The Labute approximate surface area is 115 Å². The monoisotopic (exact) mass is 273 g/mol. The van der Waals surface area contributed by atoms with Crippen molar-refractivity contribution in [3.63, 3.8) is 0 Å². The van der Waals surface area contributed by atoms with Gasteiger partial charge in [-0.25, -0.2) is 4.98 Å². The number of methoxy groups -OCH3 is 1. The van der Waals surface area contributed by atoms with Crippen LogP contribution in [-0.4, -0.2) is 17.1 Å². The standard InChI is InChI=1S/C14H12ClN3O/c1-19-8-5-6-11-12(7-8)18-14(17-11)13-9(15)3-2-4-10(13)16/h2-7H,16H2,1H3,(H,17,18). The molecule has 0 amide bonds. The largest absolute Gasteiger partial charge is 0.497 e. The van der Waals surface area contributed by atoms with E-state index in [0.717, 1.165) is 22.3 Å². The second-order valence-corrected chi connectivity index (χ2v) is 4.58. The predicted molar refractivity (Wildman–Crippen MR) is 77.5 cm³/mol. The van der Waals surface area contributed by atoms with Crippen molar-refractivity contribution in [3.05, 3.63) is 41.4 Å². The van der Waals surface area contributed by atoms with Crippen molar-refractivity contribution in [1.82, 2.24) is 9.97 Å². The third kappa shape index (κ3) is 2.00. The van der Waals surface area contributed by atoms with Crippen LogP contribution in [0.25, 0.3) is 22.4 Å². The van der Waals surface area contributed by atoms with Crippen LogP contribution in [0.15, 0.2) is 36.4 Å². The number of nitrogen functional groups attached to an aromatic ring is 1. The van der Waals surface area contributed by atoms with Gasteiger partial charge in [-0.15, -0.1) is 0 Å². The molecule has 0 atom stereocenters. The lowest BCUT2D eigenvalue weighted by atomic mass is 10.2. The average molecular weight is 274 g/mol. The number of aromatic amines is 1. The second kappa shape index (κ2) is 4.48. The SMILES string of the molecule is COc1ccc2nc(-c3c(N)cccc3Cl)[nH]c2c1. The molecule has 4 nitrogen and oxygen atoms in total. The Bertz CT molecular complexity index is 731. The van der Waals surface area contributed by atoms with Crippen molar-refractivity contribution in [2.24, 2.45) is 0 Å². The van der Waals surface area contributed by atoms with E-state index in [9.17, 15) is 0 Å². The van der Waals surface area contributed by atoms with Crippen LogP contribution in [0.2, 0.25) is 5.02 Å².